The molecule has 0 saturated heterocycles. The number of aromatic nitrogens is 2. The zero-order valence-corrected chi connectivity index (χ0v) is 9.28. The number of hydrogen-bond acceptors (Lipinski definition) is 3. The average Bonchev–Trinajstić information content (AvgIpc) is 2.65. The lowest BCUT2D eigenvalue weighted by atomic mass is 10.1. The minimum Gasteiger partial charge on any atom is -0.411 e. The molecule has 3 nitrogen and oxygen atoms in total. The molecule has 0 atom stereocenters. The Morgan fingerprint density at radius 3 is 2.86 bits per heavy atom. The fourth-order valence-electron chi connectivity index (χ4n) is 1.25. The van der Waals surface area contributed by atoms with E-state index in [0.717, 1.165) is 12.0 Å². The van der Waals surface area contributed by atoms with Crippen LogP contribution in [0.4, 0.5) is 0 Å². The van der Waals surface area contributed by atoms with Crippen LogP contribution in [0.5, 0.6) is 0 Å². The maximum atomic E-state index is 5.26. The number of halogens is 1. The van der Waals surface area contributed by atoms with Gasteiger partial charge in [-0.25, -0.2) is 0 Å². The highest BCUT2D eigenvalue weighted by Crippen LogP contribution is 2.20. The van der Waals surface area contributed by atoms with E-state index in [1.54, 1.807) is 0 Å². The van der Waals surface area contributed by atoms with Gasteiger partial charge in [0, 0.05) is 21.5 Å². The monoisotopic (exact) mass is 252 g/mol. The summed E-state index contributed by atoms with van der Waals surface area (Å²) in [6.07, 6.45) is 1.00. The Kier molecular flexibility index (Phi) is 2.63. The van der Waals surface area contributed by atoms with Gasteiger partial charge in [-0.05, 0) is 24.1 Å². The Morgan fingerprint density at radius 1 is 1.36 bits per heavy atom. The molecular formula is C10H9BrN2O. The van der Waals surface area contributed by atoms with Gasteiger partial charge in [0.05, 0.1) is 0 Å². The SMILES string of the molecule is CCc1cccc(-c2nnc(Br)o2)c1. The molecule has 0 unspecified atom stereocenters. The van der Waals surface area contributed by atoms with E-state index in [2.05, 4.69) is 45.2 Å². The van der Waals surface area contributed by atoms with Crippen molar-refractivity contribution >= 4 is 15.9 Å². The minimum atomic E-state index is 0.411. The normalized spacial score (nSPS) is 10.4. The Balaban J connectivity index is 2.41. The van der Waals surface area contributed by atoms with Gasteiger partial charge in [0.15, 0.2) is 0 Å². The zero-order valence-electron chi connectivity index (χ0n) is 7.70. The summed E-state index contributed by atoms with van der Waals surface area (Å²) in [7, 11) is 0. The first-order valence-electron chi connectivity index (χ1n) is 4.38. The van der Waals surface area contributed by atoms with Crippen molar-refractivity contribution in [2.24, 2.45) is 0 Å². The zero-order chi connectivity index (χ0) is 9.97. The third kappa shape index (κ3) is 1.85. The number of rotatable bonds is 2. The molecule has 0 aliphatic carbocycles. The van der Waals surface area contributed by atoms with Crippen LogP contribution in [0, 0.1) is 0 Å². The summed E-state index contributed by atoms with van der Waals surface area (Å²) in [6.45, 7) is 2.11. The third-order valence-electron chi connectivity index (χ3n) is 1.98. The molecule has 0 radical (unpaired) electrons. The summed E-state index contributed by atoms with van der Waals surface area (Å²) in [4.78, 5) is 0.411. The van der Waals surface area contributed by atoms with Gasteiger partial charge in [-0.1, -0.05) is 19.1 Å². The largest absolute Gasteiger partial charge is 0.411 e. The van der Waals surface area contributed by atoms with Crippen molar-refractivity contribution in [3.8, 4) is 11.5 Å². The average molecular weight is 253 g/mol. The number of benzene rings is 1. The molecule has 0 N–H and O–H groups in total. The molecule has 0 saturated carbocycles. The first-order chi connectivity index (χ1) is 6.79. The van der Waals surface area contributed by atoms with E-state index in [1.807, 2.05) is 12.1 Å². The van der Waals surface area contributed by atoms with Gasteiger partial charge in [0.25, 0.3) is 4.80 Å². The van der Waals surface area contributed by atoms with Crippen molar-refractivity contribution in [2.75, 3.05) is 0 Å². The van der Waals surface area contributed by atoms with E-state index in [0.29, 0.717) is 10.7 Å². The second-order valence-electron chi connectivity index (χ2n) is 2.91. The van der Waals surface area contributed by atoms with E-state index >= 15 is 0 Å². The third-order valence-corrected chi connectivity index (χ3v) is 2.30. The molecule has 4 heteroatoms. The summed E-state index contributed by atoms with van der Waals surface area (Å²) < 4.78 is 5.26. The highest BCUT2D eigenvalue weighted by atomic mass is 79.9. The standard InChI is InChI=1S/C10H9BrN2O/c1-2-7-4-3-5-8(6-7)9-12-13-10(11)14-9/h3-6H,2H2,1H3. The van der Waals surface area contributed by atoms with E-state index in [1.165, 1.54) is 5.56 Å². The Bertz CT molecular complexity index is 439. The van der Waals surface area contributed by atoms with Gasteiger partial charge in [0.2, 0.25) is 5.89 Å². The number of hydrogen-bond donors (Lipinski definition) is 0. The van der Waals surface area contributed by atoms with Gasteiger partial charge < -0.3 is 4.42 Å². The summed E-state index contributed by atoms with van der Waals surface area (Å²) in [5, 5.41) is 7.65. The second kappa shape index (κ2) is 3.92. The van der Waals surface area contributed by atoms with Crippen molar-refractivity contribution in [3.63, 3.8) is 0 Å². The number of aryl methyl sites for hydroxylation is 1. The van der Waals surface area contributed by atoms with Gasteiger partial charge in [-0.2, -0.15) is 0 Å². The van der Waals surface area contributed by atoms with Crippen LogP contribution >= 0.6 is 15.9 Å². The Labute approximate surface area is 90.3 Å². The highest BCUT2D eigenvalue weighted by molar-refractivity contribution is 9.10. The smallest absolute Gasteiger partial charge is 0.285 e. The molecule has 0 bridgehead atoms. The molecule has 0 aliphatic rings. The van der Waals surface area contributed by atoms with Crippen LogP contribution in [0.3, 0.4) is 0 Å². The van der Waals surface area contributed by atoms with Crippen LogP contribution in [0.15, 0.2) is 33.5 Å². The molecule has 0 aliphatic heterocycles. The lowest BCUT2D eigenvalue weighted by molar-refractivity contribution is 0.540. The van der Waals surface area contributed by atoms with Crippen LogP contribution in [-0.4, -0.2) is 10.2 Å². The van der Waals surface area contributed by atoms with E-state index in [4.69, 9.17) is 4.42 Å². The highest BCUT2D eigenvalue weighted by Gasteiger charge is 2.06. The van der Waals surface area contributed by atoms with E-state index in [-0.39, 0.29) is 0 Å². The predicted octanol–water partition coefficient (Wildman–Crippen LogP) is 3.06. The quantitative estimate of drug-likeness (QED) is 0.825. The van der Waals surface area contributed by atoms with E-state index in [9.17, 15) is 0 Å². The summed E-state index contributed by atoms with van der Waals surface area (Å²) in [5.41, 5.74) is 2.22. The number of nitrogens with zero attached hydrogens (tertiary/aromatic N) is 2. The summed E-state index contributed by atoms with van der Waals surface area (Å²) in [5.74, 6) is 0.548. The molecular weight excluding hydrogens is 244 g/mol. The first kappa shape index (κ1) is 9.40. The summed E-state index contributed by atoms with van der Waals surface area (Å²) in [6, 6.07) is 8.08. The topological polar surface area (TPSA) is 38.9 Å². The van der Waals surface area contributed by atoms with Crippen molar-refractivity contribution in [1.82, 2.24) is 10.2 Å². The van der Waals surface area contributed by atoms with Gasteiger partial charge in [-0.3, -0.25) is 0 Å². The first-order valence-corrected chi connectivity index (χ1v) is 5.17. The second-order valence-corrected chi connectivity index (χ2v) is 3.59. The van der Waals surface area contributed by atoms with Crippen LogP contribution in [0.2, 0.25) is 0 Å². The minimum absolute atomic E-state index is 0.411. The van der Waals surface area contributed by atoms with Crippen LogP contribution < -0.4 is 0 Å². The summed E-state index contributed by atoms with van der Waals surface area (Å²) >= 11 is 3.12. The fraction of sp³-hybridized carbons (Fsp3) is 0.200. The molecule has 1 aromatic carbocycles. The molecule has 14 heavy (non-hydrogen) atoms. The van der Waals surface area contributed by atoms with Gasteiger partial charge >= 0.3 is 0 Å². The Morgan fingerprint density at radius 2 is 2.21 bits per heavy atom. The Hall–Kier alpha value is -1.16. The molecule has 0 amide bonds. The van der Waals surface area contributed by atoms with Crippen molar-refractivity contribution in [1.29, 1.82) is 0 Å². The van der Waals surface area contributed by atoms with Gasteiger partial charge in [0.1, 0.15) is 0 Å². The molecule has 2 aromatic rings. The maximum Gasteiger partial charge on any atom is 0.285 e. The fourth-order valence-corrected chi connectivity index (χ4v) is 1.48. The van der Waals surface area contributed by atoms with Crippen molar-refractivity contribution in [3.05, 3.63) is 34.6 Å². The predicted molar refractivity (Wildman–Crippen MR) is 56.8 cm³/mol. The van der Waals surface area contributed by atoms with Gasteiger partial charge in [-0.15, -0.1) is 10.2 Å². The van der Waals surface area contributed by atoms with Crippen LogP contribution in [-0.2, 0) is 6.42 Å². The van der Waals surface area contributed by atoms with E-state index < -0.39 is 0 Å². The molecule has 72 valence electrons. The lowest BCUT2D eigenvalue weighted by Crippen LogP contribution is -1.82. The maximum absolute atomic E-state index is 5.26. The molecule has 1 heterocycles. The lowest BCUT2D eigenvalue weighted by Gasteiger charge is -1.97. The molecule has 0 fully saturated rings. The van der Waals surface area contributed by atoms with Crippen LogP contribution in [0.25, 0.3) is 11.5 Å². The molecule has 0 spiro atoms. The van der Waals surface area contributed by atoms with Crippen LogP contribution in [0.1, 0.15) is 12.5 Å². The molecule has 2 rings (SSSR count). The van der Waals surface area contributed by atoms with Crippen molar-refractivity contribution in [2.45, 2.75) is 13.3 Å². The molecule has 1 aromatic heterocycles. The van der Waals surface area contributed by atoms with Crippen molar-refractivity contribution < 1.29 is 4.42 Å².